The molecule has 0 saturated heterocycles. The number of nitrogens with one attached hydrogen (secondary N) is 2. The first-order valence-electron chi connectivity index (χ1n) is 9.96. The Balaban J connectivity index is 2.01. The first-order valence-corrected chi connectivity index (χ1v) is 9.96. The fourth-order valence-electron chi connectivity index (χ4n) is 2.97. The highest BCUT2D eigenvalue weighted by Crippen LogP contribution is 2.29. The number of benzene rings is 1. The summed E-state index contributed by atoms with van der Waals surface area (Å²) in [6.07, 6.45) is -4.14. The summed E-state index contributed by atoms with van der Waals surface area (Å²) in [5.41, 5.74) is 0.432. The Morgan fingerprint density at radius 2 is 1.79 bits per heavy atom. The van der Waals surface area contributed by atoms with Crippen molar-refractivity contribution in [1.29, 1.82) is 0 Å². The maximum Gasteiger partial charge on any atom is 0.573 e. The number of amides is 2. The van der Waals surface area contributed by atoms with Crippen LogP contribution >= 0.6 is 0 Å². The molecule has 182 valence electrons. The summed E-state index contributed by atoms with van der Waals surface area (Å²) in [5, 5.41) is 19.0. The first-order chi connectivity index (χ1) is 15.9. The second-order valence-electron chi connectivity index (χ2n) is 8.02. The molecule has 2 aromatic heterocycles. The number of carbonyl (C=O) groups excluding carboxylic acids is 2. The molecule has 0 saturated carbocycles. The van der Waals surface area contributed by atoms with Crippen molar-refractivity contribution < 1.29 is 37.3 Å². The van der Waals surface area contributed by atoms with E-state index < -0.39 is 36.3 Å². The van der Waals surface area contributed by atoms with Gasteiger partial charge in [0.25, 0.3) is 0 Å². The Morgan fingerprint density at radius 1 is 1.12 bits per heavy atom. The van der Waals surface area contributed by atoms with Crippen LogP contribution in [0.15, 0.2) is 36.5 Å². The average Bonchev–Trinajstić information content (AvgIpc) is 3.10. The van der Waals surface area contributed by atoms with Crippen LogP contribution in [0.2, 0.25) is 0 Å². The van der Waals surface area contributed by atoms with Gasteiger partial charge in [-0.2, -0.15) is 5.10 Å². The molecule has 3 N–H and O–H groups in total. The number of pyridine rings is 1. The van der Waals surface area contributed by atoms with E-state index >= 15 is 0 Å². The smallest absolute Gasteiger partial charge is 0.444 e. The lowest BCUT2D eigenvalue weighted by Gasteiger charge is -2.19. The zero-order chi connectivity index (χ0) is 25.1. The van der Waals surface area contributed by atoms with Crippen LogP contribution in [0, 0.1) is 0 Å². The maximum atomic E-state index is 12.5. The van der Waals surface area contributed by atoms with Crippen molar-refractivity contribution in [1.82, 2.24) is 20.1 Å². The van der Waals surface area contributed by atoms with Crippen LogP contribution in [-0.4, -0.2) is 50.4 Å². The SMILES string of the molecule is CC(C)(C)OC(=O)NCc1nn(-c2ccc(OC(F)(F)F)cc2)c2nccc(NC(=O)CO)c12. The van der Waals surface area contributed by atoms with Gasteiger partial charge >= 0.3 is 12.5 Å². The highest BCUT2D eigenvalue weighted by Gasteiger charge is 2.31. The maximum absolute atomic E-state index is 12.5. The summed E-state index contributed by atoms with van der Waals surface area (Å²) in [7, 11) is 0. The number of ether oxygens (including phenoxy) is 2. The third-order valence-corrected chi connectivity index (χ3v) is 4.17. The number of halogens is 3. The minimum atomic E-state index is -4.83. The lowest BCUT2D eigenvalue weighted by molar-refractivity contribution is -0.274. The van der Waals surface area contributed by atoms with Crippen molar-refractivity contribution in [3.63, 3.8) is 0 Å². The van der Waals surface area contributed by atoms with E-state index in [-0.39, 0.29) is 23.6 Å². The highest BCUT2D eigenvalue weighted by atomic mass is 19.4. The number of carbonyl (C=O) groups is 2. The van der Waals surface area contributed by atoms with Gasteiger partial charge in [-0.1, -0.05) is 0 Å². The van der Waals surface area contributed by atoms with Crippen LogP contribution < -0.4 is 15.4 Å². The zero-order valence-electron chi connectivity index (χ0n) is 18.4. The van der Waals surface area contributed by atoms with E-state index in [2.05, 4.69) is 25.5 Å². The zero-order valence-corrected chi connectivity index (χ0v) is 18.4. The lowest BCUT2D eigenvalue weighted by Crippen LogP contribution is -2.32. The number of aliphatic hydroxyl groups excluding tert-OH is 1. The third kappa shape index (κ3) is 6.34. The summed E-state index contributed by atoms with van der Waals surface area (Å²) in [5.74, 6) is -1.09. The fraction of sp³-hybridized carbons (Fsp3) is 0.333. The van der Waals surface area contributed by atoms with E-state index in [4.69, 9.17) is 9.84 Å². The van der Waals surface area contributed by atoms with E-state index in [1.165, 1.54) is 29.1 Å². The Bertz CT molecular complexity index is 1190. The van der Waals surface area contributed by atoms with Crippen LogP contribution in [0.25, 0.3) is 16.7 Å². The molecule has 3 rings (SSSR count). The van der Waals surface area contributed by atoms with Crippen LogP contribution in [0.3, 0.4) is 0 Å². The van der Waals surface area contributed by atoms with Gasteiger partial charge in [-0.3, -0.25) is 4.79 Å². The lowest BCUT2D eigenvalue weighted by atomic mass is 10.2. The van der Waals surface area contributed by atoms with Crippen molar-refractivity contribution in [2.45, 2.75) is 39.3 Å². The van der Waals surface area contributed by atoms with Gasteiger partial charge in [0, 0.05) is 6.20 Å². The molecule has 0 spiro atoms. The van der Waals surface area contributed by atoms with E-state index in [1.54, 1.807) is 20.8 Å². The van der Waals surface area contributed by atoms with Gasteiger partial charge in [-0.25, -0.2) is 14.5 Å². The number of alkyl halides is 3. The monoisotopic (exact) mass is 481 g/mol. The molecule has 0 radical (unpaired) electrons. The molecule has 34 heavy (non-hydrogen) atoms. The Kier molecular flexibility index (Phi) is 6.96. The number of hydrogen-bond donors (Lipinski definition) is 3. The second kappa shape index (κ2) is 9.55. The van der Waals surface area contributed by atoms with Gasteiger partial charge in [-0.05, 0) is 51.1 Å². The number of anilines is 1. The van der Waals surface area contributed by atoms with Gasteiger partial charge in [0.15, 0.2) is 5.65 Å². The van der Waals surface area contributed by atoms with Crippen LogP contribution in [0.4, 0.5) is 23.7 Å². The van der Waals surface area contributed by atoms with E-state index in [1.807, 2.05) is 0 Å². The molecular formula is C21H22F3N5O5. The predicted octanol–water partition coefficient (Wildman–Crippen LogP) is 3.27. The molecule has 0 aliphatic carbocycles. The molecule has 0 atom stereocenters. The minimum absolute atomic E-state index is 0.110. The van der Waals surface area contributed by atoms with Gasteiger partial charge in [0.2, 0.25) is 5.91 Å². The fourth-order valence-corrected chi connectivity index (χ4v) is 2.97. The number of nitrogens with zero attached hydrogens (tertiary/aromatic N) is 3. The van der Waals surface area contributed by atoms with Gasteiger partial charge in [0.05, 0.1) is 29.0 Å². The van der Waals surface area contributed by atoms with Crippen molar-refractivity contribution in [2.24, 2.45) is 0 Å². The molecule has 2 heterocycles. The number of aliphatic hydroxyl groups is 1. The molecule has 3 aromatic rings. The molecule has 0 aliphatic rings. The van der Waals surface area contributed by atoms with Crippen LogP contribution in [0.5, 0.6) is 5.75 Å². The largest absolute Gasteiger partial charge is 0.573 e. The number of aromatic nitrogens is 3. The van der Waals surface area contributed by atoms with E-state index in [0.29, 0.717) is 11.1 Å². The van der Waals surface area contributed by atoms with E-state index in [9.17, 15) is 22.8 Å². The highest BCUT2D eigenvalue weighted by molar-refractivity contribution is 6.01. The van der Waals surface area contributed by atoms with E-state index in [0.717, 1.165) is 12.1 Å². The van der Waals surface area contributed by atoms with Crippen molar-refractivity contribution in [3.05, 3.63) is 42.2 Å². The number of alkyl carbamates (subject to hydrolysis) is 1. The molecule has 0 fully saturated rings. The number of fused-ring (bicyclic) bond motifs is 1. The van der Waals surface area contributed by atoms with Gasteiger partial charge in [0.1, 0.15) is 18.0 Å². The quantitative estimate of drug-likeness (QED) is 0.493. The molecule has 2 amide bonds. The van der Waals surface area contributed by atoms with Crippen LogP contribution in [-0.2, 0) is 16.1 Å². The van der Waals surface area contributed by atoms with Crippen molar-refractivity contribution in [3.8, 4) is 11.4 Å². The molecular weight excluding hydrogens is 459 g/mol. The second-order valence-corrected chi connectivity index (χ2v) is 8.02. The Hall–Kier alpha value is -3.87. The third-order valence-electron chi connectivity index (χ3n) is 4.17. The summed E-state index contributed by atoms with van der Waals surface area (Å²) in [6, 6.07) is 6.41. The summed E-state index contributed by atoms with van der Waals surface area (Å²) in [6.45, 7) is 4.24. The topological polar surface area (TPSA) is 128 Å². The number of rotatable bonds is 6. The molecule has 0 aliphatic heterocycles. The molecule has 13 heteroatoms. The number of hydrogen-bond acceptors (Lipinski definition) is 7. The average molecular weight is 481 g/mol. The molecule has 10 nitrogen and oxygen atoms in total. The molecule has 0 bridgehead atoms. The first kappa shape index (κ1) is 24.8. The minimum Gasteiger partial charge on any atom is -0.444 e. The summed E-state index contributed by atoms with van der Waals surface area (Å²) < 4.78 is 47.8. The van der Waals surface area contributed by atoms with Gasteiger partial charge in [-0.15, -0.1) is 13.2 Å². The normalized spacial score (nSPS) is 11.9. The Labute approximate surface area is 191 Å². The summed E-state index contributed by atoms with van der Waals surface area (Å²) >= 11 is 0. The van der Waals surface area contributed by atoms with Crippen molar-refractivity contribution in [2.75, 3.05) is 11.9 Å². The van der Waals surface area contributed by atoms with Gasteiger partial charge < -0.3 is 25.2 Å². The molecule has 1 aromatic carbocycles. The van der Waals surface area contributed by atoms with Crippen molar-refractivity contribution >= 4 is 28.7 Å². The predicted molar refractivity (Wildman–Crippen MR) is 114 cm³/mol. The standard InChI is InChI=1S/C21H22F3N5O5/c1-20(2,3)34-19(32)26-10-15-17-14(27-16(31)11-30)8-9-25-18(17)29(28-15)12-4-6-13(7-5-12)33-21(22,23)24/h4-9,30H,10-11H2,1-3H3,(H,26,32)(H,25,27,31). The molecule has 0 unspecified atom stereocenters. The Morgan fingerprint density at radius 3 is 2.38 bits per heavy atom. The summed E-state index contributed by atoms with van der Waals surface area (Å²) in [4.78, 5) is 28.2. The van der Waals surface area contributed by atoms with Crippen LogP contribution in [0.1, 0.15) is 26.5 Å².